The van der Waals surface area contributed by atoms with Crippen molar-refractivity contribution in [1.29, 1.82) is 0 Å². The van der Waals surface area contributed by atoms with Crippen LogP contribution in [0.25, 0.3) is 43.3 Å². The van der Waals surface area contributed by atoms with Crippen molar-refractivity contribution in [3.8, 4) is 11.3 Å². The fraction of sp³-hybridized carbons (Fsp3) is 0.400. The van der Waals surface area contributed by atoms with Crippen molar-refractivity contribution in [2.75, 3.05) is 67.5 Å². The van der Waals surface area contributed by atoms with Crippen molar-refractivity contribution in [2.24, 2.45) is 13.0 Å². The zero-order chi connectivity index (χ0) is 40.4. The van der Waals surface area contributed by atoms with Gasteiger partial charge < -0.3 is 20.4 Å². The standard InChI is InChI=1S/C45H49N9O4S/c1-27-26-46-40-39-31-10-11-32(48-33(31)12-14-37(39)59-42(40)44(57)47-27)29-6-8-30(9-7-29)52-24-22-51(23-25-52)19-16-28-17-20-53(21-18-28)34-4-3-5-35-41(34)50(2)45(58)54(35)36-13-15-38(55)49-43(36)56/h3-12,14,27-28,36,46H,13,15-26H2,1-2H3,(H,47,57)(H,49,55,56)/t27-,36?/m1/s1. The lowest BCUT2D eigenvalue weighted by Crippen LogP contribution is -2.47. The van der Waals surface area contributed by atoms with Crippen molar-refractivity contribution in [3.05, 3.63) is 82.1 Å². The van der Waals surface area contributed by atoms with E-state index >= 15 is 0 Å². The Balaban J connectivity index is 0.734. The first-order chi connectivity index (χ1) is 28.7. The number of thiophene rings is 1. The van der Waals surface area contributed by atoms with E-state index in [4.69, 9.17) is 4.98 Å². The van der Waals surface area contributed by atoms with E-state index < -0.39 is 11.9 Å². The molecule has 4 aliphatic heterocycles. The van der Waals surface area contributed by atoms with E-state index in [1.54, 1.807) is 16.2 Å². The number of fused-ring (bicyclic) bond motifs is 6. The number of rotatable bonds is 7. The van der Waals surface area contributed by atoms with Crippen LogP contribution in [0.2, 0.25) is 0 Å². The number of pyridine rings is 1. The number of para-hydroxylation sites is 1. The summed E-state index contributed by atoms with van der Waals surface area (Å²) in [6, 6.07) is 22.5. The molecule has 0 radical (unpaired) electrons. The summed E-state index contributed by atoms with van der Waals surface area (Å²) in [5.74, 6) is -0.0536. The summed E-state index contributed by atoms with van der Waals surface area (Å²) < 4.78 is 4.32. The summed E-state index contributed by atoms with van der Waals surface area (Å²) >= 11 is 1.53. The lowest BCUT2D eigenvalue weighted by Gasteiger charge is -2.38. The van der Waals surface area contributed by atoms with E-state index in [0.29, 0.717) is 18.9 Å². The van der Waals surface area contributed by atoms with E-state index in [1.165, 1.54) is 23.4 Å². The molecular formula is C45H49N9O4S. The van der Waals surface area contributed by atoms with Crippen molar-refractivity contribution in [3.63, 3.8) is 0 Å². The van der Waals surface area contributed by atoms with Crippen LogP contribution >= 0.6 is 11.3 Å². The topological polar surface area (TPSA) is 137 Å². The van der Waals surface area contributed by atoms with E-state index in [1.807, 2.05) is 19.1 Å². The number of carbonyl (C=O) groups is 3. The average Bonchev–Trinajstić information content (AvgIpc) is 3.71. The molecule has 3 aromatic carbocycles. The molecule has 7 heterocycles. The van der Waals surface area contributed by atoms with Gasteiger partial charge in [-0.1, -0.05) is 18.2 Å². The normalized spacial score (nSPS) is 20.8. The summed E-state index contributed by atoms with van der Waals surface area (Å²) in [5.41, 5.74) is 7.49. The number of amides is 3. The number of carbonyl (C=O) groups excluding carboxylic acids is 3. The van der Waals surface area contributed by atoms with Gasteiger partial charge >= 0.3 is 5.69 Å². The Labute approximate surface area is 346 Å². The molecule has 3 saturated heterocycles. The second kappa shape index (κ2) is 15.1. The van der Waals surface area contributed by atoms with Crippen molar-refractivity contribution in [1.82, 2.24) is 29.7 Å². The molecule has 6 aromatic rings. The van der Waals surface area contributed by atoms with Crippen LogP contribution in [0.15, 0.2) is 71.5 Å². The Morgan fingerprint density at radius 3 is 2.42 bits per heavy atom. The third-order valence-corrected chi connectivity index (χ3v) is 14.2. The zero-order valence-electron chi connectivity index (χ0n) is 33.5. The predicted octanol–water partition coefficient (Wildman–Crippen LogP) is 5.72. The van der Waals surface area contributed by atoms with E-state index in [-0.39, 0.29) is 30.0 Å². The van der Waals surface area contributed by atoms with Crippen molar-refractivity contribution in [2.45, 2.75) is 51.1 Å². The SMILES string of the molecule is C[C@@H]1CNc2c(sc3ccc4nc(-c5ccc(N6CCN(CCC7CCN(c8cccc9c8n(C)c(=O)n9C8CCC(=O)NC8=O)CC7)CC6)cc5)ccc4c23)C(=O)N1. The average molecular weight is 812 g/mol. The van der Waals surface area contributed by atoms with Gasteiger partial charge in [-0.3, -0.25) is 33.7 Å². The summed E-state index contributed by atoms with van der Waals surface area (Å²) in [7, 11) is 1.78. The highest BCUT2D eigenvalue weighted by Gasteiger charge is 2.33. The number of anilines is 3. The highest BCUT2D eigenvalue weighted by molar-refractivity contribution is 7.21. The first-order valence-electron chi connectivity index (χ1n) is 21.0. The molecule has 0 saturated carbocycles. The molecule has 10 rings (SSSR count). The van der Waals surface area contributed by atoms with Gasteiger partial charge in [0.25, 0.3) is 5.91 Å². The minimum Gasteiger partial charge on any atom is -0.381 e. The third kappa shape index (κ3) is 6.81. The molecular weight excluding hydrogens is 763 g/mol. The van der Waals surface area contributed by atoms with Crippen LogP contribution in [-0.4, -0.2) is 95.1 Å². The summed E-state index contributed by atoms with van der Waals surface area (Å²) in [4.78, 5) is 64.1. The van der Waals surface area contributed by atoms with Gasteiger partial charge in [-0.05, 0) is 93.6 Å². The number of aromatic nitrogens is 3. The third-order valence-electron chi connectivity index (χ3n) is 13.0. The van der Waals surface area contributed by atoms with Gasteiger partial charge in [0.15, 0.2) is 0 Å². The van der Waals surface area contributed by atoms with Gasteiger partial charge in [0, 0.05) is 92.0 Å². The minimum atomic E-state index is -0.683. The number of piperazine rings is 1. The molecule has 59 heavy (non-hydrogen) atoms. The highest BCUT2D eigenvalue weighted by atomic mass is 32.1. The molecule has 0 spiro atoms. The number of nitrogens with zero attached hydrogens (tertiary/aromatic N) is 6. The van der Waals surface area contributed by atoms with Crippen LogP contribution < -0.4 is 31.4 Å². The van der Waals surface area contributed by atoms with Gasteiger partial charge in [0.2, 0.25) is 11.8 Å². The number of imide groups is 1. The number of nitrogens with one attached hydrogen (secondary N) is 3. The van der Waals surface area contributed by atoms with Gasteiger partial charge in [0.1, 0.15) is 10.9 Å². The largest absolute Gasteiger partial charge is 0.381 e. The lowest BCUT2D eigenvalue weighted by atomic mass is 9.93. The fourth-order valence-electron chi connectivity index (χ4n) is 9.69. The van der Waals surface area contributed by atoms with Crippen molar-refractivity contribution >= 4 is 78.1 Å². The quantitative estimate of drug-likeness (QED) is 0.173. The van der Waals surface area contributed by atoms with Crippen LogP contribution in [0, 0.1) is 5.92 Å². The zero-order valence-corrected chi connectivity index (χ0v) is 34.3. The lowest BCUT2D eigenvalue weighted by molar-refractivity contribution is -0.135. The second-order valence-electron chi connectivity index (χ2n) is 16.7. The fourth-order valence-corrected chi connectivity index (χ4v) is 10.8. The van der Waals surface area contributed by atoms with Crippen LogP contribution in [0.5, 0.6) is 0 Å². The maximum absolute atomic E-state index is 13.4. The Morgan fingerprint density at radius 1 is 0.847 bits per heavy atom. The molecule has 304 valence electrons. The Bertz CT molecular complexity index is 2690. The van der Waals surface area contributed by atoms with Gasteiger partial charge in [0.05, 0.1) is 33.6 Å². The molecule has 2 atom stereocenters. The first-order valence-corrected chi connectivity index (χ1v) is 21.8. The number of piperidine rings is 2. The Hall–Kier alpha value is -5.73. The predicted molar refractivity (Wildman–Crippen MR) is 235 cm³/mol. The molecule has 1 unspecified atom stereocenters. The molecule has 14 heteroatoms. The van der Waals surface area contributed by atoms with Crippen LogP contribution in [0.3, 0.4) is 0 Å². The Morgan fingerprint density at radius 2 is 1.64 bits per heavy atom. The monoisotopic (exact) mass is 811 g/mol. The molecule has 0 aliphatic carbocycles. The summed E-state index contributed by atoms with van der Waals surface area (Å²) in [5, 5.41) is 11.1. The maximum Gasteiger partial charge on any atom is 0.329 e. The van der Waals surface area contributed by atoms with E-state index in [2.05, 4.69) is 85.2 Å². The van der Waals surface area contributed by atoms with E-state index in [9.17, 15) is 19.2 Å². The van der Waals surface area contributed by atoms with Gasteiger partial charge in [-0.25, -0.2) is 9.78 Å². The van der Waals surface area contributed by atoms with Crippen LogP contribution in [0.1, 0.15) is 54.7 Å². The number of hydrogen-bond acceptors (Lipinski definition) is 10. The van der Waals surface area contributed by atoms with Crippen LogP contribution in [-0.2, 0) is 16.6 Å². The van der Waals surface area contributed by atoms with Gasteiger partial charge in [-0.15, -0.1) is 11.3 Å². The van der Waals surface area contributed by atoms with Crippen molar-refractivity contribution < 1.29 is 14.4 Å². The number of hydrogen-bond donors (Lipinski definition) is 3. The number of benzene rings is 3. The molecule has 3 N–H and O–H groups in total. The molecule has 0 bridgehead atoms. The molecule has 4 aliphatic rings. The minimum absolute atomic E-state index is 0.0167. The molecule has 3 fully saturated rings. The summed E-state index contributed by atoms with van der Waals surface area (Å²) in [6.45, 7) is 9.75. The molecule has 13 nitrogen and oxygen atoms in total. The first kappa shape index (κ1) is 37.5. The Kier molecular flexibility index (Phi) is 9.63. The molecule has 3 aromatic heterocycles. The van der Waals surface area contributed by atoms with Crippen LogP contribution in [0.4, 0.5) is 17.1 Å². The molecule has 3 amide bonds. The van der Waals surface area contributed by atoms with E-state index in [0.717, 1.165) is 118 Å². The number of aryl methyl sites for hydroxylation is 1. The van der Waals surface area contributed by atoms with Gasteiger partial charge in [-0.2, -0.15) is 0 Å². The number of imidazole rings is 1. The highest BCUT2D eigenvalue weighted by Crippen LogP contribution is 2.41. The maximum atomic E-state index is 13.4. The summed E-state index contributed by atoms with van der Waals surface area (Å²) in [6.07, 6.45) is 3.95. The smallest absolute Gasteiger partial charge is 0.329 e. The second-order valence-corrected chi connectivity index (χ2v) is 17.7.